The standard InChI is InChI=1S/C23H17NO2S.CH2O23/c1-2-6-16(7-3-1)17-8-4-9-18(14-17)20-15-27-23(24-20)19-10-5-11-21-22(19)26-13-12-25-21;2-1-4-6-8-10-12-14-16-18-20-22-24-23-21-19-17-15-13-11-9-7-5-3/h1-11,14-15H,12-13H2;1,3H. The molecule has 5 rings (SSSR count). The van der Waals surface area contributed by atoms with Crippen LogP contribution in [0.15, 0.2) is 78.2 Å². The van der Waals surface area contributed by atoms with Gasteiger partial charge in [0.15, 0.2) is 11.5 Å². The summed E-state index contributed by atoms with van der Waals surface area (Å²) < 4.78 is 11.5. The van der Waals surface area contributed by atoms with Crippen molar-refractivity contribution in [3.63, 3.8) is 0 Å². The van der Waals surface area contributed by atoms with E-state index in [4.69, 9.17) is 19.7 Å². The lowest BCUT2D eigenvalue weighted by molar-refractivity contribution is -0.896. The lowest BCUT2D eigenvalue weighted by Gasteiger charge is -2.20. The summed E-state index contributed by atoms with van der Waals surface area (Å²) in [5, 5.41) is 78.7. The number of fused-ring (bicyclic) bond motifs is 1. The Bertz CT molecular complexity index is 1520. The molecule has 1 aromatic heterocycles. The second-order valence-electron chi connectivity index (χ2n) is 7.87. The summed E-state index contributed by atoms with van der Waals surface area (Å²) in [5.41, 5.74) is 5.47. The largest absolute Gasteiger partial charge is 0.486 e. The average molecular weight is 753 g/mol. The Kier molecular flexibility index (Phi) is 19.0. The number of carbonyl (C=O) groups excluding carboxylic acids is 1. The Hall–Kier alpha value is -4.48. The third-order valence-electron chi connectivity index (χ3n) is 5.18. The van der Waals surface area contributed by atoms with Crippen LogP contribution < -0.4 is 9.47 Å². The van der Waals surface area contributed by atoms with Crippen LogP contribution in [0.1, 0.15) is 0 Å². The van der Waals surface area contributed by atoms with Gasteiger partial charge in [0, 0.05) is 71.4 Å². The number of rotatable bonds is 24. The van der Waals surface area contributed by atoms with Crippen LogP contribution in [-0.4, -0.2) is 29.9 Å². The highest BCUT2D eigenvalue weighted by molar-refractivity contribution is 7.13. The predicted octanol–water partition coefficient (Wildman–Crippen LogP) is 4.18. The molecule has 1 aliphatic rings. The molecule has 276 valence electrons. The molecule has 0 bridgehead atoms. The molecule has 0 radical (unpaired) electrons. The third kappa shape index (κ3) is 14.7. The number of ether oxygens (including phenoxy) is 2. The SMILES string of the molecule is O=COOOOOOOOOOOOOOOOOOOOOO.c1ccc(-c2cccc(-c3csc(-c4cccc5c4OCCO5)n3)c2)cc1. The second-order valence-corrected chi connectivity index (χ2v) is 8.73. The van der Waals surface area contributed by atoms with Crippen molar-refractivity contribution in [3.05, 3.63) is 78.2 Å². The van der Waals surface area contributed by atoms with Gasteiger partial charge in [0.1, 0.15) is 18.2 Å². The Labute approximate surface area is 284 Å². The van der Waals surface area contributed by atoms with Gasteiger partial charge in [-0.3, -0.25) is 9.68 Å². The van der Waals surface area contributed by atoms with Crippen LogP contribution in [0, 0.1) is 0 Å². The fraction of sp³-hybridized carbons (Fsp3) is 0.0833. The molecular weight excluding hydrogens is 734 g/mol. The van der Waals surface area contributed by atoms with Gasteiger partial charge in [-0.2, -0.15) is 0 Å². The summed E-state index contributed by atoms with van der Waals surface area (Å²) in [6, 6.07) is 24.9. The molecule has 0 saturated carbocycles. The quantitative estimate of drug-likeness (QED) is 0.0455. The van der Waals surface area contributed by atoms with Crippen molar-refractivity contribution in [2.24, 2.45) is 0 Å². The number of thiazole rings is 1. The molecule has 4 aromatic rings. The van der Waals surface area contributed by atoms with E-state index in [1.807, 2.05) is 24.3 Å². The van der Waals surface area contributed by atoms with Gasteiger partial charge in [-0.25, -0.2) is 10.2 Å². The molecule has 0 amide bonds. The van der Waals surface area contributed by atoms with E-state index in [9.17, 15) is 4.79 Å². The van der Waals surface area contributed by atoms with E-state index in [1.54, 1.807) is 11.3 Å². The van der Waals surface area contributed by atoms with E-state index < -0.39 is 0 Å². The van der Waals surface area contributed by atoms with Crippen molar-refractivity contribution in [2.75, 3.05) is 13.2 Å². The minimum absolute atomic E-state index is 0.158. The van der Waals surface area contributed by atoms with Crippen molar-refractivity contribution in [3.8, 4) is 44.5 Å². The number of hydrogen-bond donors (Lipinski definition) is 1. The first-order valence-corrected chi connectivity index (χ1v) is 13.8. The fourth-order valence-corrected chi connectivity index (χ4v) is 4.35. The molecule has 27 heteroatoms. The molecule has 0 unspecified atom stereocenters. The topological polar surface area (TPSA) is 262 Å². The zero-order valence-corrected chi connectivity index (χ0v) is 25.4. The van der Waals surface area contributed by atoms with Gasteiger partial charge in [-0.05, 0) is 69.6 Å². The first-order valence-electron chi connectivity index (χ1n) is 12.9. The number of aromatic nitrogens is 1. The van der Waals surface area contributed by atoms with E-state index in [0.717, 1.165) is 33.3 Å². The van der Waals surface area contributed by atoms with E-state index in [0.29, 0.717) is 13.2 Å². The highest BCUT2D eigenvalue weighted by Crippen LogP contribution is 2.41. The van der Waals surface area contributed by atoms with Crippen LogP contribution in [-0.2, 0) is 110 Å². The molecule has 2 heterocycles. The number of carbonyl (C=O) groups is 1. The van der Waals surface area contributed by atoms with Gasteiger partial charge in [-0.15, -0.1) is 11.3 Å². The molecule has 1 aliphatic heterocycles. The maximum absolute atomic E-state index is 9.49. The maximum Gasteiger partial charge on any atom is 0.334 e. The molecular formula is C24H19NO25S. The van der Waals surface area contributed by atoms with Gasteiger partial charge < -0.3 is 9.47 Å². The Morgan fingerprint density at radius 2 is 1.12 bits per heavy atom. The van der Waals surface area contributed by atoms with Crippen molar-refractivity contribution < 1.29 is 125 Å². The van der Waals surface area contributed by atoms with Crippen LogP contribution in [0.3, 0.4) is 0 Å². The summed E-state index contributed by atoms with van der Waals surface area (Å²) in [6.45, 7) is 1.00. The number of para-hydroxylation sites is 1. The van der Waals surface area contributed by atoms with Crippen molar-refractivity contribution in [1.29, 1.82) is 0 Å². The van der Waals surface area contributed by atoms with Gasteiger partial charge in [0.05, 0.1) is 11.3 Å². The zero-order valence-electron chi connectivity index (χ0n) is 24.6. The molecule has 0 atom stereocenters. The van der Waals surface area contributed by atoms with Crippen molar-refractivity contribution in [1.82, 2.24) is 4.98 Å². The average Bonchev–Trinajstić information content (AvgIpc) is 3.68. The van der Waals surface area contributed by atoms with Crippen LogP contribution in [0.5, 0.6) is 11.5 Å². The summed E-state index contributed by atoms with van der Waals surface area (Å²) in [7, 11) is 0. The molecule has 1 N–H and O–H groups in total. The molecule has 51 heavy (non-hydrogen) atoms. The summed E-state index contributed by atoms with van der Waals surface area (Å²) >= 11 is 1.63. The second kappa shape index (κ2) is 24.6. The van der Waals surface area contributed by atoms with Crippen LogP contribution >= 0.6 is 11.3 Å². The van der Waals surface area contributed by atoms with Crippen molar-refractivity contribution >= 4 is 17.8 Å². The maximum atomic E-state index is 9.49. The first kappa shape index (κ1) is 39.3. The summed E-state index contributed by atoms with van der Waals surface area (Å²) in [5.74, 6) is 1.59. The Balaban J connectivity index is 0.000000231. The predicted molar refractivity (Wildman–Crippen MR) is 141 cm³/mol. The molecule has 0 spiro atoms. The normalized spacial score (nSPS) is 11.9. The van der Waals surface area contributed by atoms with Gasteiger partial charge >= 0.3 is 6.47 Å². The third-order valence-corrected chi connectivity index (χ3v) is 6.05. The molecule has 3 aromatic carbocycles. The number of hydrogen-bond acceptors (Lipinski definition) is 27. The van der Waals surface area contributed by atoms with Crippen molar-refractivity contribution in [2.45, 2.75) is 0 Å². The minimum atomic E-state index is -0.158. The van der Waals surface area contributed by atoms with E-state index in [1.165, 1.54) is 11.1 Å². The fourth-order valence-electron chi connectivity index (χ4n) is 3.50. The lowest BCUT2D eigenvalue weighted by Crippen LogP contribution is -2.15. The molecule has 0 saturated heterocycles. The summed E-state index contributed by atoms with van der Waals surface area (Å²) in [4.78, 5) is 17.8. The molecule has 0 aliphatic carbocycles. The van der Waals surface area contributed by atoms with Crippen LogP contribution in [0.2, 0.25) is 0 Å². The highest BCUT2D eigenvalue weighted by Gasteiger charge is 2.19. The van der Waals surface area contributed by atoms with E-state index in [2.05, 4.69) is 160 Å². The Morgan fingerprint density at radius 3 is 1.73 bits per heavy atom. The lowest BCUT2D eigenvalue weighted by atomic mass is 10.0. The minimum Gasteiger partial charge on any atom is -0.486 e. The molecule has 26 nitrogen and oxygen atoms in total. The number of benzene rings is 3. The summed E-state index contributed by atoms with van der Waals surface area (Å²) in [6.07, 6.45) is 0. The van der Waals surface area contributed by atoms with E-state index >= 15 is 0 Å². The zero-order chi connectivity index (χ0) is 35.6. The Morgan fingerprint density at radius 1 is 0.588 bits per heavy atom. The van der Waals surface area contributed by atoms with Gasteiger partial charge in [0.2, 0.25) is 0 Å². The van der Waals surface area contributed by atoms with Gasteiger partial charge in [-0.1, -0.05) is 54.6 Å². The molecule has 0 fully saturated rings. The monoisotopic (exact) mass is 753 g/mol. The van der Waals surface area contributed by atoms with Crippen LogP contribution in [0.25, 0.3) is 33.0 Å². The highest BCUT2D eigenvalue weighted by atomic mass is 32.1. The van der Waals surface area contributed by atoms with E-state index in [-0.39, 0.29) is 6.47 Å². The van der Waals surface area contributed by atoms with Crippen LogP contribution in [0.4, 0.5) is 0 Å². The number of nitrogens with zero attached hydrogens (tertiary/aromatic N) is 1. The smallest absolute Gasteiger partial charge is 0.334 e. The first-order chi connectivity index (χ1) is 25.3. The van der Waals surface area contributed by atoms with Gasteiger partial charge in [0.25, 0.3) is 0 Å².